The Morgan fingerprint density at radius 2 is 2.25 bits per heavy atom. The van der Waals surface area contributed by atoms with Gasteiger partial charge in [0.1, 0.15) is 12.6 Å². The van der Waals surface area contributed by atoms with Crippen LogP contribution in [0.3, 0.4) is 0 Å². The third kappa shape index (κ3) is 4.29. The van der Waals surface area contributed by atoms with E-state index in [0.29, 0.717) is 6.61 Å². The Labute approximate surface area is 119 Å². The highest BCUT2D eigenvalue weighted by molar-refractivity contribution is 5.68. The van der Waals surface area contributed by atoms with Crippen molar-refractivity contribution in [3.63, 3.8) is 0 Å². The molecule has 106 valence electrons. The molecule has 1 aromatic rings. The largest absolute Gasteiger partial charge is 0.445 e. The van der Waals surface area contributed by atoms with Crippen LogP contribution in [0.25, 0.3) is 0 Å². The summed E-state index contributed by atoms with van der Waals surface area (Å²) in [4.78, 5) is 11.7. The van der Waals surface area contributed by atoms with E-state index in [1.165, 1.54) is 0 Å². The molecule has 0 radical (unpaired) electrons. The van der Waals surface area contributed by atoms with Crippen molar-refractivity contribution in [1.29, 1.82) is 0 Å². The van der Waals surface area contributed by atoms with Crippen molar-refractivity contribution in [3.05, 3.63) is 35.9 Å². The average Bonchev–Trinajstić information content (AvgIpc) is 2.52. The summed E-state index contributed by atoms with van der Waals surface area (Å²) in [5, 5.41) is 2.68. The fourth-order valence-corrected chi connectivity index (χ4v) is 2.16. The maximum atomic E-state index is 11.7. The van der Waals surface area contributed by atoms with Crippen LogP contribution in [0.1, 0.15) is 24.8 Å². The second-order valence-corrected chi connectivity index (χ2v) is 4.76. The smallest absolute Gasteiger partial charge is 0.408 e. The van der Waals surface area contributed by atoms with Gasteiger partial charge < -0.3 is 14.8 Å². The molecular weight excluding hydrogens is 254 g/mol. The lowest BCUT2D eigenvalue weighted by molar-refractivity contribution is 0.00340. The molecule has 2 unspecified atom stereocenters. The number of rotatable bonds is 4. The van der Waals surface area contributed by atoms with Crippen molar-refractivity contribution in [2.45, 2.75) is 38.0 Å². The van der Waals surface area contributed by atoms with E-state index in [9.17, 15) is 4.79 Å². The van der Waals surface area contributed by atoms with E-state index in [0.717, 1.165) is 24.8 Å². The number of amides is 1. The summed E-state index contributed by atoms with van der Waals surface area (Å²) in [5.74, 6) is 2.56. The standard InChI is InChI=1S/C16H19NO3/c1-2-14(15-10-6-7-11-19-15)17-16(18)20-12-13-8-4-3-5-9-13/h1,3-5,8-9,14-15H,6-7,10-12H2,(H,17,18). The van der Waals surface area contributed by atoms with Crippen LogP contribution in [0.2, 0.25) is 0 Å². The topological polar surface area (TPSA) is 47.6 Å². The third-order valence-electron chi connectivity index (χ3n) is 3.25. The first-order valence-electron chi connectivity index (χ1n) is 6.84. The zero-order valence-electron chi connectivity index (χ0n) is 11.4. The van der Waals surface area contributed by atoms with E-state index in [2.05, 4.69) is 11.2 Å². The van der Waals surface area contributed by atoms with Gasteiger partial charge in [-0.25, -0.2) is 4.79 Å². The van der Waals surface area contributed by atoms with Crippen molar-refractivity contribution < 1.29 is 14.3 Å². The quantitative estimate of drug-likeness (QED) is 0.857. The van der Waals surface area contributed by atoms with Gasteiger partial charge in [-0.1, -0.05) is 36.3 Å². The van der Waals surface area contributed by atoms with Gasteiger partial charge >= 0.3 is 6.09 Å². The minimum atomic E-state index is -0.508. The maximum Gasteiger partial charge on any atom is 0.408 e. The fourth-order valence-electron chi connectivity index (χ4n) is 2.16. The van der Waals surface area contributed by atoms with Gasteiger partial charge in [-0.05, 0) is 24.8 Å². The normalized spacial score (nSPS) is 19.6. The molecule has 1 aliphatic heterocycles. The van der Waals surface area contributed by atoms with Gasteiger partial charge in [-0.2, -0.15) is 0 Å². The first-order valence-corrected chi connectivity index (χ1v) is 6.84. The molecule has 0 aromatic heterocycles. The number of terminal acetylenes is 1. The molecule has 4 nitrogen and oxygen atoms in total. The predicted molar refractivity (Wildman–Crippen MR) is 76.0 cm³/mol. The maximum absolute atomic E-state index is 11.7. The Bertz CT molecular complexity index is 460. The summed E-state index contributed by atoms with van der Waals surface area (Å²) in [5.41, 5.74) is 0.939. The SMILES string of the molecule is C#CC(NC(=O)OCc1ccccc1)C1CCCCO1. The Balaban J connectivity index is 1.79. The molecule has 1 aliphatic rings. The van der Waals surface area contributed by atoms with Gasteiger partial charge in [-0.3, -0.25) is 0 Å². The van der Waals surface area contributed by atoms with Crippen LogP contribution in [0, 0.1) is 12.3 Å². The van der Waals surface area contributed by atoms with Gasteiger partial charge in [0.2, 0.25) is 0 Å². The fraction of sp³-hybridized carbons (Fsp3) is 0.438. The highest BCUT2D eigenvalue weighted by Crippen LogP contribution is 2.15. The number of nitrogens with one attached hydrogen (secondary N) is 1. The van der Waals surface area contributed by atoms with Crippen molar-refractivity contribution in [2.24, 2.45) is 0 Å². The van der Waals surface area contributed by atoms with Crippen molar-refractivity contribution >= 4 is 6.09 Å². The first kappa shape index (κ1) is 14.4. The molecule has 0 saturated carbocycles. The molecule has 4 heteroatoms. The van der Waals surface area contributed by atoms with E-state index >= 15 is 0 Å². The monoisotopic (exact) mass is 273 g/mol. The van der Waals surface area contributed by atoms with Crippen LogP contribution in [-0.2, 0) is 16.1 Å². The highest BCUT2D eigenvalue weighted by Gasteiger charge is 2.24. The number of hydrogen-bond donors (Lipinski definition) is 1. The zero-order valence-corrected chi connectivity index (χ0v) is 11.4. The number of ether oxygens (including phenoxy) is 2. The molecular formula is C16H19NO3. The van der Waals surface area contributed by atoms with Crippen LogP contribution in [-0.4, -0.2) is 24.8 Å². The van der Waals surface area contributed by atoms with E-state index < -0.39 is 12.1 Å². The second kappa shape index (κ2) is 7.56. The molecule has 1 aromatic carbocycles. The Hall–Kier alpha value is -1.99. The van der Waals surface area contributed by atoms with E-state index in [1.807, 2.05) is 30.3 Å². The average molecular weight is 273 g/mol. The second-order valence-electron chi connectivity index (χ2n) is 4.76. The number of hydrogen-bond acceptors (Lipinski definition) is 3. The molecule has 1 heterocycles. The number of benzene rings is 1. The minimum Gasteiger partial charge on any atom is -0.445 e. The van der Waals surface area contributed by atoms with Crippen molar-refractivity contribution in [2.75, 3.05) is 6.61 Å². The minimum absolute atomic E-state index is 0.113. The molecule has 1 fully saturated rings. The van der Waals surface area contributed by atoms with Crippen molar-refractivity contribution in [1.82, 2.24) is 5.32 Å². The van der Waals surface area contributed by atoms with Gasteiger partial charge in [0.25, 0.3) is 0 Å². The summed E-state index contributed by atoms with van der Waals surface area (Å²) < 4.78 is 10.7. The van der Waals surface area contributed by atoms with E-state index in [4.69, 9.17) is 15.9 Å². The summed E-state index contributed by atoms with van der Waals surface area (Å²) in [7, 11) is 0. The molecule has 1 saturated heterocycles. The molecule has 0 bridgehead atoms. The van der Waals surface area contributed by atoms with Crippen LogP contribution >= 0.6 is 0 Å². The third-order valence-corrected chi connectivity index (χ3v) is 3.25. The van der Waals surface area contributed by atoms with Crippen LogP contribution in [0.15, 0.2) is 30.3 Å². The van der Waals surface area contributed by atoms with E-state index in [-0.39, 0.29) is 12.7 Å². The molecule has 0 aliphatic carbocycles. The molecule has 1 amide bonds. The molecule has 2 rings (SSSR count). The molecule has 20 heavy (non-hydrogen) atoms. The number of alkyl carbamates (subject to hydrolysis) is 1. The van der Waals surface area contributed by atoms with Gasteiger partial charge in [0.15, 0.2) is 0 Å². The Morgan fingerprint density at radius 3 is 2.90 bits per heavy atom. The summed E-state index contributed by atoms with van der Waals surface area (Å²) in [6.45, 7) is 0.930. The lowest BCUT2D eigenvalue weighted by Crippen LogP contribution is -2.45. The van der Waals surface area contributed by atoms with Crippen molar-refractivity contribution in [3.8, 4) is 12.3 Å². The number of carbonyl (C=O) groups is 1. The van der Waals surface area contributed by atoms with Gasteiger partial charge in [0.05, 0.1) is 6.10 Å². The molecule has 1 N–H and O–H groups in total. The van der Waals surface area contributed by atoms with Crippen LogP contribution in [0.5, 0.6) is 0 Å². The predicted octanol–water partition coefficient (Wildman–Crippen LogP) is 2.48. The lowest BCUT2D eigenvalue weighted by Gasteiger charge is -2.27. The summed E-state index contributed by atoms with van der Waals surface area (Å²) in [6.07, 6.45) is 7.83. The van der Waals surface area contributed by atoms with Gasteiger partial charge in [-0.15, -0.1) is 6.42 Å². The molecule has 2 atom stereocenters. The highest BCUT2D eigenvalue weighted by atomic mass is 16.5. The zero-order chi connectivity index (χ0) is 14.2. The van der Waals surface area contributed by atoms with Crippen LogP contribution in [0.4, 0.5) is 4.79 Å². The first-order chi connectivity index (χ1) is 9.79. The lowest BCUT2D eigenvalue weighted by atomic mass is 10.0. The Morgan fingerprint density at radius 1 is 1.45 bits per heavy atom. The van der Waals surface area contributed by atoms with Gasteiger partial charge in [0, 0.05) is 6.61 Å². The number of carbonyl (C=O) groups excluding carboxylic acids is 1. The summed E-state index contributed by atoms with van der Waals surface area (Å²) in [6, 6.07) is 9.08. The Kier molecular flexibility index (Phi) is 5.45. The van der Waals surface area contributed by atoms with E-state index in [1.54, 1.807) is 0 Å². The summed E-state index contributed by atoms with van der Waals surface area (Å²) >= 11 is 0. The molecule has 0 spiro atoms. The van der Waals surface area contributed by atoms with Crippen LogP contribution < -0.4 is 5.32 Å².